The van der Waals surface area contributed by atoms with Gasteiger partial charge in [0, 0.05) is 24.3 Å². The van der Waals surface area contributed by atoms with Crippen molar-refractivity contribution in [2.75, 3.05) is 50.2 Å². The van der Waals surface area contributed by atoms with E-state index in [1.807, 2.05) is 48.5 Å². The second-order valence-corrected chi connectivity index (χ2v) is 6.49. The summed E-state index contributed by atoms with van der Waals surface area (Å²) < 4.78 is 10.6. The lowest BCUT2D eigenvalue weighted by Crippen LogP contribution is -2.36. The van der Waals surface area contributed by atoms with Gasteiger partial charge in [0.15, 0.2) is 10.9 Å². The number of methoxy groups -OCH3 is 1. The van der Waals surface area contributed by atoms with E-state index in [0.717, 1.165) is 37.7 Å². The number of rotatable bonds is 6. The van der Waals surface area contributed by atoms with Gasteiger partial charge in [0.25, 0.3) is 0 Å². The standard InChI is InChI=1S/C20H23N3O3S/c1-25-19-5-3-2-4-17(19)22-20(27)21-14-18(24)15-6-8-16(9-7-15)23-10-12-26-13-11-23/h2-9H,10-14H2,1H3,(H2,21,22,27). The van der Waals surface area contributed by atoms with Gasteiger partial charge in [-0.25, -0.2) is 0 Å². The number of nitrogens with zero attached hydrogens (tertiary/aromatic N) is 1. The number of hydrogen-bond acceptors (Lipinski definition) is 5. The van der Waals surface area contributed by atoms with Gasteiger partial charge in [-0.3, -0.25) is 4.79 Å². The molecule has 3 rings (SSSR count). The fourth-order valence-corrected chi connectivity index (χ4v) is 3.04. The molecule has 1 aliphatic heterocycles. The molecule has 1 saturated heterocycles. The first-order chi connectivity index (χ1) is 13.2. The van der Waals surface area contributed by atoms with E-state index in [0.29, 0.717) is 16.4 Å². The Bertz CT molecular complexity index is 789. The van der Waals surface area contributed by atoms with Gasteiger partial charge >= 0.3 is 0 Å². The number of thiocarbonyl (C=S) groups is 1. The number of hydrogen-bond donors (Lipinski definition) is 2. The van der Waals surface area contributed by atoms with E-state index < -0.39 is 0 Å². The minimum atomic E-state index is -0.0206. The van der Waals surface area contributed by atoms with E-state index in [9.17, 15) is 4.79 Å². The molecule has 142 valence electrons. The second kappa shape index (κ2) is 9.34. The van der Waals surface area contributed by atoms with Gasteiger partial charge in [-0.1, -0.05) is 12.1 Å². The molecule has 1 heterocycles. The second-order valence-electron chi connectivity index (χ2n) is 6.08. The van der Waals surface area contributed by atoms with Gasteiger partial charge in [-0.15, -0.1) is 0 Å². The molecule has 1 aliphatic rings. The normalized spacial score (nSPS) is 13.7. The Morgan fingerprint density at radius 2 is 1.85 bits per heavy atom. The molecule has 7 heteroatoms. The van der Waals surface area contributed by atoms with Gasteiger partial charge in [0.2, 0.25) is 0 Å². The van der Waals surface area contributed by atoms with E-state index >= 15 is 0 Å². The Balaban J connectivity index is 1.52. The maximum absolute atomic E-state index is 12.4. The predicted molar refractivity (Wildman–Crippen MR) is 111 cm³/mol. The maximum atomic E-state index is 12.4. The number of carbonyl (C=O) groups excluding carboxylic acids is 1. The van der Waals surface area contributed by atoms with Crippen LogP contribution in [0.5, 0.6) is 5.75 Å². The van der Waals surface area contributed by atoms with Crippen molar-refractivity contribution in [2.24, 2.45) is 0 Å². The van der Waals surface area contributed by atoms with Crippen LogP contribution in [-0.4, -0.2) is 50.9 Å². The lowest BCUT2D eigenvalue weighted by Gasteiger charge is -2.28. The van der Waals surface area contributed by atoms with Crippen molar-refractivity contribution < 1.29 is 14.3 Å². The van der Waals surface area contributed by atoms with E-state index in [4.69, 9.17) is 21.7 Å². The minimum absolute atomic E-state index is 0.0206. The van der Waals surface area contributed by atoms with Gasteiger partial charge in [-0.05, 0) is 48.6 Å². The van der Waals surface area contributed by atoms with Crippen LogP contribution in [0.4, 0.5) is 11.4 Å². The first-order valence-corrected chi connectivity index (χ1v) is 9.22. The highest BCUT2D eigenvalue weighted by molar-refractivity contribution is 7.80. The van der Waals surface area contributed by atoms with Gasteiger partial charge in [0.1, 0.15) is 5.75 Å². The van der Waals surface area contributed by atoms with Crippen molar-refractivity contribution >= 4 is 34.5 Å². The molecule has 2 aromatic rings. The lowest BCUT2D eigenvalue weighted by molar-refractivity contribution is 0.0996. The lowest BCUT2D eigenvalue weighted by atomic mass is 10.1. The molecule has 27 heavy (non-hydrogen) atoms. The molecule has 0 amide bonds. The molecule has 0 aliphatic carbocycles. The van der Waals surface area contributed by atoms with Crippen molar-refractivity contribution in [3.8, 4) is 5.75 Å². The summed E-state index contributed by atoms with van der Waals surface area (Å²) in [7, 11) is 1.60. The third-order valence-electron chi connectivity index (χ3n) is 4.33. The number of nitrogens with one attached hydrogen (secondary N) is 2. The van der Waals surface area contributed by atoms with Gasteiger partial charge in [-0.2, -0.15) is 0 Å². The van der Waals surface area contributed by atoms with Gasteiger partial charge < -0.3 is 25.0 Å². The molecule has 6 nitrogen and oxygen atoms in total. The summed E-state index contributed by atoms with van der Waals surface area (Å²) in [5.41, 5.74) is 2.51. The van der Waals surface area contributed by atoms with Crippen molar-refractivity contribution in [3.05, 3.63) is 54.1 Å². The van der Waals surface area contributed by atoms with E-state index in [1.54, 1.807) is 7.11 Å². The number of ketones is 1. The molecular formula is C20H23N3O3S. The summed E-state index contributed by atoms with van der Waals surface area (Å²) >= 11 is 5.27. The van der Waals surface area contributed by atoms with E-state index in [1.165, 1.54) is 0 Å². The summed E-state index contributed by atoms with van der Waals surface area (Å²) in [5.74, 6) is 0.666. The van der Waals surface area contributed by atoms with E-state index in [2.05, 4.69) is 15.5 Å². The quantitative estimate of drug-likeness (QED) is 0.586. The Morgan fingerprint density at radius 3 is 2.56 bits per heavy atom. The van der Waals surface area contributed by atoms with Crippen LogP contribution in [0.25, 0.3) is 0 Å². The fraction of sp³-hybridized carbons (Fsp3) is 0.300. The number of ether oxygens (including phenoxy) is 2. The monoisotopic (exact) mass is 385 g/mol. The molecule has 0 radical (unpaired) electrons. The maximum Gasteiger partial charge on any atom is 0.181 e. The van der Waals surface area contributed by atoms with Crippen LogP contribution in [0, 0.1) is 0 Å². The number of benzene rings is 2. The SMILES string of the molecule is COc1ccccc1NC(=S)NCC(=O)c1ccc(N2CCOCC2)cc1. The van der Waals surface area contributed by atoms with Crippen molar-refractivity contribution in [1.82, 2.24) is 5.32 Å². The Morgan fingerprint density at radius 1 is 1.15 bits per heavy atom. The zero-order chi connectivity index (χ0) is 19.1. The molecule has 0 saturated carbocycles. The first-order valence-electron chi connectivity index (χ1n) is 8.81. The highest BCUT2D eigenvalue weighted by Crippen LogP contribution is 2.22. The smallest absolute Gasteiger partial charge is 0.181 e. The van der Waals surface area contributed by atoms with Crippen LogP contribution in [-0.2, 0) is 4.74 Å². The number of carbonyl (C=O) groups is 1. The minimum Gasteiger partial charge on any atom is -0.495 e. The van der Waals surface area contributed by atoms with Crippen LogP contribution < -0.4 is 20.3 Å². The number of morpholine rings is 1. The summed E-state index contributed by atoms with van der Waals surface area (Å²) in [6.07, 6.45) is 0. The molecule has 0 unspecified atom stereocenters. The Hall–Kier alpha value is -2.64. The summed E-state index contributed by atoms with van der Waals surface area (Å²) in [4.78, 5) is 14.7. The van der Waals surface area contributed by atoms with Crippen LogP contribution in [0.3, 0.4) is 0 Å². The number of anilines is 2. The molecular weight excluding hydrogens is 362 g/mol. The molecule has 0 bridgehead atoms. The van der Waals surface area contributed by atoms with Crippen molar-refractivity contribution in [3.63, 3.8) is 0 Å². The number of Topliss-reactive ketones (excluding diaryl/α,β-unsaturated/α-hetero) is 1. The highest BCUT2D eigenvalue weighted by Gasteiger charge is 2.12. The molecule has 0 spiro atoms. The molecule has 0 atom stereocenters. The van der Waals surface area contributed by atoms with E-state index in [-0.39, 0.29) is 12.3 Å². The highest BCUT2D eigenvalue weighted by atomic mass is 32.1. The van der Waals surface area contributed by atoms with Gasteiger partial charge in [0.05, 0.1) is 32.6 Å². The average Bonchev–Trinajstić information content (AvgIpc) is 2.73. The zero-order valence-corrected chi connectivity index (χ0v) is 16.1. The average molecular weight is 385 g/mol. The summed E-state index contributed by atoms with van der Waals surface area (Å²) in [6, 6.07) is 15.1. The zero-order valence-electron chi connectivity index (χ0n) is 15.2. The van der Waals surface area contributed by atoms with Crippen LogP contribution in [0.1, 0.15) is 10.4 Å². The Kier molecular flexibility index (Phi) is 6.62. The largest absolute Gasteiger partial charge is 0.495 e. The number of para-hydroxylation sites is 2. The fourth-order valence-electron chi connectivity index (χ4n) is 2.86. The third-order valence-corrected chi connectivity index (χ3v) is 4.58. The first kappa shape index (κ1) is 19.1. The van der Waals surface area contributed by atoms with Crippen molar-refractivity contribution in [1.29, 1.82) is 0 Å². The van der Waals surface area contributed by atoms with Crippen LogP contribution in [0.2, 0.25) is 0 Å². The topological polar surface area (TPSA) is 62.8 Å². The van der Waals surface area contributed by atoms with Crippen LogP contribution in [0.15, 0.2) is 48.5 Å². The summed E-state index contributed by atoms with van der Waals surface area (Å²) in [6.45, 7) is 3.34. The predicted octanol–water partition coefficient (Wildman–Crippen LogP) is 2.70. The molecule has 0 aromatic heterocycles. The molecule has 2 aromatic carbocycles. The van der Waals surface area contributed by atoms with Crippen LogP contribution >= 0.6 is 12.2 Å². The Labute approximate surface area is 164 Å². The molecule has 1 fully saturated rings. The van der Waals surface area contributed by atoms with Crippen molar-refractivity contribution in [2.45, 2.75) is 0 Å². The molecule has 2 N–H and O–H groups in total. The summed E-state index contributed by atoms with van der Waals surface area (Å²) in [5, 5.41) is 6.36. The third kappa shape index (κ3) is 5.18.